The summed E-state index contributed by atoms with van der Waals surface area (Å²) in [6.07, 6.45) is 1.74. The summed E-state index contributed by atoms with van der Waals surface area (Å²) in [5, 5.41) is 2.95. The second-order valence-electron chi connectivity index (χ2n) is 7.94. The quantitative estimate of drug-likeness (QED) is 0.447. The molecule has 0 fully saturated rings. The Labute approximate surface area is 201 Å². The Morgan fingerprint density at radius 3 is 2.21 bits per heavy atom. The van der Waals surface area contributed by atoms with Gasteiger partial charge in [-0.3, -0.25) is 9.10 Å². The summed E-state index contributed by atoms with van der Waals surface area (Å²) in [4.78, 5) is 12.9. The minimum Gasteiger partial charge on any atom is -0.496 e. The molecule has 0 aliphatic rings. The number of sulfonamides is 1. The smallest absolute Gasteiger partial charge is 0.241 e. The zero-order valence-corrected chi connectivity index (χ0v) is 20.6. The number of para-hydroxylation sites is 1. The van der Waals surface area contributed by atoms with E-state index in [4.69, 9.17) is 9.47 Å². The van der Waals surface area contributed by atoms with Gasteiger partial charge in [0.1, 0.15) is 23.8 Å². The standard InChI is InChI=1S/C26H30N2O5S/c1-5-24(20-11-16-25(32-3)19(2)17-20)27-26(29)18-28(34(4,30)31)21-12-14-23(15-13-21)33-22-9-7-6-8-10-22/h6-17,24H,5,18H2,1-4H3,(H,27,29). The summed E-state index contributed by atoms with van der Waals surface area (Å²) in [5.41, 5.74) is 2.28. The molecule has 180 valence electrons. The maximum Gasteiger partial charge on any atom is 0.241 e. The lowest BCUT2D eigenvalue weighted by Crippen LogP contribution is -2.41. The Balaban J connectivity index is 1.73. The zero-order chi connectivity index (χ0) is 24.7. The highest BCUT2D eigenvalue weighted by molar-refractivity contribution is 7.92. The molecule has 3 aromatic carbocycles. The van der Waals surface area contributed by atoms with Crippen molar-refractivity contribution in [3.63, 3.8) is 0 Å². The van der Waals surface area contributed by atoms with Crippen molar-refractivity contribution in [3.8, 4) is 17.2 Å². The van der Waals surface area contributed by atoms with Gasteiger partial charge in [0.25, 0.3) is 0 Å². The monoisotopic (exact) mass is 482 g/mol. The van der Waals surface area contributed by atoms with Crippen molar-refractivity contribution in [2.45, 2.75) is 26.3 Å². The fraction of sp³-hybridized carbons (Fsp3) is 0.269. The Hall–Kier alpha value is -3.52. The maximum atomic E-state index is 12.9. The van der Waals surface area contributed by atoms with Gasteiger partial charge >= 0.3 is 0 Å². The highest BCUT2D eigenvalue weighted by atomic mass is 32.2. The second-order valence-corrected chi connectivity index (χ2v) is 9.84. The lowest BCUT2D eigenvalue weighted by Gasteiger charge is -2.24. The molecule has 1 N–H and O–H groups in total. The van der Waals surface area contributed by atoms with Gasteiger partial charge < -0.3 is 14.8 Å². The van der Waals surface area contributed by atoms with E-state index in [0.29, 0.717) is 23.6 Å². The van der Waals surface area contributed by atoms with E-state index in [1.807, 2.05) is 62.4 Å². The van der Waals surface area contributed by atoms with Gasteiger partial charge in [0.05, 0.1) is 25.1 Å². The zero-order valence-electron chi connectivity index (χ0n) is 19.8. The number of amides is 1. The topological polar surface area (TPSA) is 84.9 Å². The van der Waals surface area contributed by atoms with E-state index < -0.39 is 15.9 Å². The average molecular weight is 483 g/mol. The molecule has 0 bridgehead atoms. The van der Waals surface area contributed by atoms with Gasteiger partial charge in [0.2, 0.25) is 15.9 Å². The van der Waals surface area contributed by atoms with E-state index >= 15 is 0 Å². The summed E-state index contributed by atoms with van der Waals surface area (Å²) in [7, 11) is -2.08. The fourth-order valence-electron chi connectivity index (χ4n) is 3.61. The number of hydrogen-bond acceptors (Lipinski definition) is 5. The largest absolute Gasteiger partial charge is 0.496 e. The molecule has 3 aromatic rings. The average Bonchev–Trinajstić information content (AvgIpc) is 2.81. The minimum absolute atomic E-state index is 0.250. The van der Waals surface area contributed by atoms with Gasteiger partial charge in [-0.05, 0) is 66.9 Å². The lowest BCUT2D eigenvalue weighted by molar-refractivity contribution is -0.120. The van der Waals surface area contributed by atoms with E-state index in [2.05, 4.69) is 5.32 Å². The third-order valence-corrected chi connectivity index (χ3v) is 6.50. The van der Waals surface area contributed by atoms with Crippen LogP contribution < -0.4 is 19.1 Å². The molecule has 1 unspecified atom stereocenters. The van der Waals surface area contributed by atoms with Crippen LogP contribution in [0.1, 0.15) is 30.5 Å². The number of aryl methyl sites for hydroxylation is 1. The number of ether oxygens (including phenoxy) is 2. The number of nitrogens with one attached hydrogen (secondary N) is 1. The lowest BCUT2D eigenvalue weighted by atomic mass is 10.0. The molecule has 0 radical (unpaired) electrons. The van der Waals surface area contributed by atoms with Crippen molar-refractivity contribution in [1.82, 2.24) is 5.32 Å². The van der Waals surface area contributed by atoms with Gasteiger partial charge in [0, 0.05) is 0 Å². The van der Waals surface area contributed by atoms with Crippen LogP contribution in [0.4, 0.5) is 5.69 Å². The Morgan fingerprint density at radius 2 is 1.65 bits per heavy atom. The molecule has 1 atom stereocenters. The van der Waals surface area contributed by atoms with Crippen LogP contribution in [0, 0.1) is 6.92 Å². The second kappa shape index (κ2) is 11.1. The number of carbonyl (C=O) groups excluding carboxylic acids is 1. The molecule has 1 amide bonds. The van der Waals surface area contributed by atoms with Gasteiger partial charge in [0.15, 0.2) is 0 Å². The summed E-state index contributed by atoms with van der Waals surface area (Å²) < 4.78 is 37.1. The summed E-state index contributed by atoms with van der Waals surface area (Å²) >= 11 is 0. The van der Waals surface area contributed by atoms with Crippen molar-refractivity contribution in [2.75, 3.05) is 24.2 Å². The summed E-state index contributed by atoms with van der Waals surface area (Å²) in [6.45, 7) is 3.57. The van der Waals surface area contributed by atoms with E-state index in [1.165, 1.54) is 0 Å². The van der Waals surface area contributed by atoms with Crippen molar-refractivity contribution in [1.29, 1.82) is 0 Å². The van der Waals surface area contributed by atoms with Crippen LogP contribution in [0.3, 0.4) is 0 Å². The first-order valence-corrected chi connectivity index (χ1v) is 12.8. The summed E-state index contributed by atoms with van der Waals surface area (Å²) in [5.74, 6) is 1.62. The Kier molecular flexibility index (Phi) is 8.17. The molecular formula is C26H30N2O5S. The minimum atomic E-state index is -3.69. The first kappa shape index (κ1) is 25.1. The third-order valence-electron chi connectivity index (χ3n) is 5.36. The number of hydrogen-bond donors (Lipinski definition) is 1. The third kappa shape index (κ3) is 6.51. The normalized spacial score (nSPS) is 12.0. The van der Waals surface area contributed by atoms with E-state index in [-0.39, 0.29) is 12.6 Å². The number of methoxy groups -OCH3 is 1. The molecule has 0 heterocycles. The number of anilines is 1. The van der Waals surface area contributed by atoms with Crippen LogP contribution in [-0.4, -0.2) is 34.2 Å². The van der Waals surface area contributed by atoms with E-state index in [9.17, 15) is 13.2 Å². The van der Waals surface area contributed by atoms with Crippen molar-refractivity contribution < 1.29 is 22.7 Å². The molecule has 0 aromatic heterocycles. The van der Waals surface area contributed by atoms with Crippen molar-refractivity contribution in [2.24, 2.45) is 0 Å². The molecule has 3 rings (SSSR count). The van der Waals surface area contributed by atoms with Crippen LogP contribution in [0.25, 0.3) is 0 Å². The first-order valence-electron chi connectivity index (χ1n) is 11.0. The predicted molar refractivity (Wildman–Crippen MR) is 134 cm³/mol. The maximum absolute atomic E-state index is 12.9. The first-order chi connectivity index (χ1) is 16.2. The van der Waals surface area contributed by atoms with Crippen LogP contribution in [-0.2, 0) is 14.8 Å². The van der Waals surface area contributed by atoms with Gasteiger partial charge in [-0.25, -0.2) is 8.42 Å². The van der Waals surface area contributed by atoms with Gasteiger partial charge in [-0.2, -0.15) is 0 Å². The van der Waals surface area contributed by atoms with Crippen LogP contribution in [0.15, 0.2) is 72.8 Å². The molecule has 7 nitrogen and oxygen atoms in total. The molecule has 0 aliphatic heterocycles. The highest BCUT2D eigenvalue weighted by Gasteiger charge is 2.23. The van der Waals surface area contributed by atoms with Gasteiger partial charge in [-0.1, -0.05) is 37.3 Å². The Bertz CT molecular complexity index is 1210. The van der Waals surface area contributed by atoms with Crippen LogP contribution in [0.2, 0.25) is 0 Å². The van der Waals surface area contributed by atoms with Crippen LogP contribution >= 0.6 is 0 Å². The van der Waals surface area contributed by atoms with E-state index in [1.54, 1.807) is 31.4 Å². The number of rotatable bonds is 10. The summed E-state index contributed by atoms with van der Waals surface area (Å²) in [6, 6.07) is 21.4. The highest BCUT2D eigenvalue weighted by Crippen LogP contribution is 2.26. The molecule has 0 saturated carbocycles. The SMILES string of the molecule is CCC(NC(=O)CN(c1ccc(Oc2ccccc2)cc1)S(C)(=O)=O)c1ccc(OC)c(C)c1. The van der Waals surface area contributed by atoms with E-state index in [0.717, 1.165) is 27.4 Å². The molecule has 8 heteroatoms. The molecule has 0 aliphatic carbocycles. The number of nitrogens with zero attached hydrogens (tertiary/aromatic N) is 1. The molecule has 0 spiro atoms. The van der Waals surface area contributed by atoms with Crippen LogP contribution in [0.5, 0.6) is 17.2 Å². The van der Waals surface area contributed by atoms with Crippen molar-refractivity contribution in [3.05, 3.63) is 83.9 Å². The fourth-order valence-corrected chi connectivity index (χ4v) is 4.47. The number of carbonyl (C=O) groups is 1. The number of benzene rings is 3. The van der Waals surface area contributed by atoms with Crippen molar-refractivity contribution >= 4 is 21.6 Å². The van der Waals surface area contributed by atoms with Gasteiger partial charge in [-0.15, -0.1) is 0 Å². The predicted octanol–water partition coefficient (Wildman–Crippen LogP) is 4.83. The Morgan fingerprint density at radius 1 is 1.00 bits per heavy atom. The molecule has 34 heavy (non-hydrogen) atoms. The molecule has 0 saturated heterocycles. The molecular weight excluding hydrogens is 452 g/mol.